The molecule has 0 aliphatic heterocycles. The molecule has 0 saturated carbocycles. The zero-order valence-corrected chi connectivity index (χ0v) is 9.59. The van der Waals surface area contributed by atoms with Gasteiger partial charge in [-0.05, 0) is 30.0 Å². The van der Waals surface area contributed by atoms with Gasteiger partial charge in [0.1, 0.15) is 5.75 Å². The van der Waals surface area contributed by atoms with Gasteiger partial charge in [0, 0.05) is 18.5 Å². The molecule has 16 heavy (non-hydrogen) atoms. The van der Waals surface area contributed by atoms with Gasteiger partial charge < -0.3 is 5.11 Å². The van der Waals surface area contributed by atoms with E-state index in [4.69, 9.17) is 0 Å². The van der Waals surface area contributed by atoms with Gasteiger partial charge in [0.25, 0.3) is 0 Å². The first-order valence-corrected chi connectivity index (χ1v) is 5.55. The molecule has 1 heterocycles. The van der Waals surface area contributed by atoms with Crippen molar-refractivity contribution in [1.82, 2.24) is 9.78 Å². The van der Waals surface area contributed by atoms with Crippen LogP contribution in [0.1, 0.15) is 31.7 Å². The quantitative estimate of drug-likeness (QED) is 0.856. The summed E-state index contributed by atoms with van der Waals surface area (Å²) < 4.78 is 1.74. The van der Waals surface area contributed by atoms with Crippen molar-refractivity contribution in [2.45, 2.75) is 26.2 Å². The first kappa shape index (κ1) is 10.7. The van der Waals surface area contributed by atoms with Crippen LogP contribution in [-0.4, -0.2) is 14.9 Å². The van der Waals surface area contributed by atoms with Gasteiger partial charge in [-0.25, -0.2) is 4.68 Å². The molecule has 2 rings (SSSR count). The van der Waals surface area contributed by atoms with Crippen LogP contribution in [0.25, 0.3) is 5.69 Å². The van der Waals surface area contributed by atoms with Gasteiger partial charge in [0.05, 0.1) is 5.69 Å². The highest BCUT2D eigenvalue weighted by Crippen LogP contribution is 2.29. The molecule has 0 radical (unpaired) electrons. The number of rotatable bonds is 3. The SMILES string of the molecule is CCC(C)c1ccc(-n2cccn2)cc1O. The summed E-state index contributed by atoms with van der Waals surface area (Å²) in [6, 6.07) is 7.57. The summed E-state index contributed by atoms with van der Waals surface area (Å²) in [5.74, 6) is 0.731. The highest BCUT2D eigenvalue weighted by Gasteiger charge is 2.09. The van der Waals surface area contributed by atoms with Crippen LogP contribution in [0.4, 0.5) is 0 Å². The zero-order valence-electron chi connectivity index (χ0n) is 9.59. The van der Waals surface area contributed by atoms with Crippen LogP contribution >= 0.6 is 0 Å². The van der Waals surface area contributed by atoms with Crippen molar-refractivity contribution in [3.8, 4) is 11.4 Å². The van der Waals surface area contributed by atoms with Crippen LogP contribution in [0.5, 0.6) is 5.75 Å². The summed E-state index contributed by atoms with van der Waals surface area (Å²) in [6.07, 6.45) is 4.60. The maximum absolute atomic E-state index is 9.95. The second kappa shape index (κ2) is 4.39. The van der Waals surface area contributed by atoms with Crippen LogP contribution in [-0.2, 0) is 0 Å². The van der Waals surface area contributed by atoms with E-state index >= 15 is 0 Å². The molecule has 1 unspecified atom stereocenters. The van der Waals surface area contributed by atoms with E-state index in [1.807, 2.05) is 24.4 Å². The fourth-order valence-corrected chi connectivity index (χ4v) is 1.73. The minimum Gasteiger partial charge on any atom is -0.508 e. The highest BCUT2D eigenvalue weighted by molar-refractivity contribution is 5.44. The van der Waals surface area contributed by atoms with E-state index in [-0.39, 0.29) is 0 Å². The van der Waals surface area contributed by atoms with Crippen molar-refractivity contribution in [1.29, 1.82) is 0 Å². The average molecular weight is 216 g/mol. The predicted molar refractivity (Wildman–Crippen MR) is 63.9 cm³/mol. The molecule has 3 nitrogen and oxygen atoms in total. The number of hydrogen-bond acceptors (Lipinski definition) is 2. The van der Waals surface area contributed by atoms with E-state index in [2.05, 4.69) is 18.9 Å². The van der Waals surface area contributed by atoms with Crippen LogP contribution in [0.15, 0.2) is 36.7 Å². The minimum atomic E-state index is 0.349. The van der Waals surface area contributed by atoms with E-state index in [0.717, 1.165) is 17.7 Å². The molecule has 1 aromatic carbocycles. The van der Waals surface area contributed by atoms with Gasteiger partial charge in [-0.2, -0.15) is 5.10 Å². The Hall–Kier alpha value is -1.77. The first-order chi connectivity index (χ1) is 7.72. The van der Waals surface area contributed by atoms with E-state index < -0.39 is 0 Å². The molecule has 0 saturated heterocycles. The average Bonchev–Trinajstić information content (AvgIpc) is 2.81. The molecule has 0 aliphatic carbocycles. The predicted octanol–water partition coefficient (Wildman–Crippen LogP) is 3.09. The lowest BCUT2D eigenvalue weighted by atomic mass is 9.97. The number of benzene rings is 1. The van der Waals surface area contributed by atoms with Gasteiger partial charge in [0.2, 0.25) is 0 Å². The second-order valence-corrected chi connectivity index (χ2v) is 4.00. The second-order valence-electron chi connectivity index (χ2n) is 4.00. The van der Waals surface area contributed by atoms with Crippen molar-refractivity contribution >= 4 is 0 Å². The molecule has 0 amide bonds. The molecule has 0 bridgehead atoms. The maximum atomic E-state index is 9.95. The van der Waals surface area contributed by atoms with Crippen LogP contribution in [0, 0.1) is 0 Å². The summed E-state index contributed by atoms with van der Waals surface area (Å²) in [6.45, 7) is 4.23. The molecule has 0 fully saturated rings. The van der Waals surface area contributed by atoms with Crippen LogP contribution in [0.3, 0.4) is 0 Å². The van der Waals surface area contributed by atoms with Gasteiger partial charge in [-0.3, -0.25) is 0 Å². The topological polar surface area (TPSA) is 38.0 Å². The Bertz CT molecular complexity index is 463. The summed E-state index contributed by atoms with van der Waals surface area (Å²) in [5.41, 5.74) is 1.88. The first-order valence-electron chi connectivity index (χ1n) is 5.55. The molecular formula is C13H16N2O. The maximum Gasteiger partial charge on any atom is 0.121 e. The highest BCUT2D eigenvalue weighted by atomic mass is 16.3. The molecular weight excluding hydrogens is 200 g/mol. The summed E-state index contributed by atoms with van der Waals surface area (Å²) in [5, 5.41) is 14.1. The van der Waals surface area contributed by atoms with Gasteiger partial charge >= 0.3 is 0 Å². The van der Waals surface area contributed by atoms with Gasteiger partial charge in [-0.15, -0.1) is 0 Å². The summed E-state index contributed by atoms with van der Waals surface area (Å²) in [4.78, 5) is 0. The molecule has 84 valence electrons. The molecule has 2 aromatic rings. The number of nitrogens with zero attached hydrogens (tertiary/aromatic N) is 2. The summed E-state index contributed by atoms with van der Waals surface area (Å²) >= 11 is 0. The van der Waals surface area contributed by atoms with Crippen molar-refractivity contribution in [3.63, 3.8) is 0 Å². The Morgan fingerprint density at radius 2 is 2.25 bits per heavy atom. The zero-order chi connectivity index (χ0) is 11.5. The van der Waals surface area contributed by atoms with E-state index in [0.29, 0.717) is 11.7 Å². The lowest BCUT2D eigenvalue weighted by molar-refractivity contribution is 0.461. The van der Waals surface area contributed by atoms with Gasteiger partial charge in [-0.1, -0.05) is 19.9 Å². The van der Waals surface area contributed by atoms with Gasteiger partial charge in [0.15, 0.2) is 0 Å². The largest absolute Gasteiger partial charge is 0.508 e. The number of aromatic nitrogens is 2. The molecule has 1 aromatic heterocycles. The smallest absolute Gasteiger partial charge is 0.121 e. The Kier molecular flexibility index (Phi) is 2.95. The Labute approximate surface area is 95.3 Å². The third-order valence-corrected chi connectivity index (χ3v) is 2.93. The number of aromatic hydroxyl groups is 1. The van der Waals surface area contributed by atoms with E-state index in [1.54, 1.807) is 16.9 Å². The number of phenols is 1. The van der Waals surface area contributed by atoms with Crippen LogP contribution in [0.2, 0.25) is 0 Å². The Morgan fingerprint density at radius 1 is 1.44 bits per heavy atom. The Balaban J connectivity index is 2.37. The van der Waals surface area contributed by atoms with E-state index in [9.17, 15) is 5.11 Å². The number of hydrogen-bond donors (Lipinski definition) is 1. The summed E-state index contributed by atoms with van der Waals surface area (Å²) in [7, 11) is 0. The van der Waals surface area contributed by atoms with Crippen molar-refractivity contribution < 1.29 is 5.11 Å². The lowest BCUT2D eigenvalue weighted by Crippen LogP contribution is -1.97. The van der Waals surface area contributed by atoms with Crippen molar-refractivity contribution in [2.75, 3.05) is 0 Å². The fraction of sp³-hybridized carbons (Fsp3) is 0.308. The molecule has 0 aliphatic rings. The molecule has 1 atom stereocenters. The molecule has 1 N–H and O–H groups in total. The third-order valence-electron chi connectivity index (χ3n) is 2.93. The minimum absolute atomic E-state index is 0.349. The molecule has 0 spiro atoms. The van der Waals surface area contributed by atoms with E-state index in [1.165, 1.54) is 0 Å². The Morgan fingerprint density at radius 3 is 2.81 bits per heavy atom. The van der Waals surface area contributed by atoms with Crippen molar-refractivity contribution in [2.24, 2.45) is 0 Å². The fourth-order valence-electron chi connectivity index (χ4n) is 1.73. The molecule has 3 heteroatoms. The monoisotopic (exact) mass is 216 g/mol. The van der Waals surface area contributed by atoms with Crippen LogP contribution < -0.4 is 0 Å². The van der Waals surface area contributed by atoms with Crippen molar-refractivity contribution in [3.05, 3.63) is 42.2 Å². The normalized spacial score (nSPS) is 12.6. The number of phenolic OH excluding ortho intramolecular Hbond substituents is 1. The standard InChI is InChI=1S/C13H16N2O/c1-3-10(2)12-6-5-11(9-13(12)16)15-8-4-7-14-15/h4-10,16H,3H2,1-2H3. The lowest BCUT2D eigenvalue weighted by Gasteiger charge is -2.12. The third kappa shape index (κ3) is 1.94.